The molecule has 136 valence electrons. The molecule has 5 nitrogen and oxygen atoms in total. The number of benzene rings is 1. The summed E-state index contributed by atoms with van der Waals surface area (Å²) < 4.78 is 5.37. The summed E-state index contributed by atoms with van der Waals surface area (Å²) >= 11 is 0. The topological polar surface area (TPSA) is 51.7 Å². The third-order valence-corrected chi connectivity index (χ3v) is 5.62. The number of aliphatic hydroxyl groups is 1. The molecule has 1 atom stereocenters. The van der Waals surface area contributed by atoms with Gasteiger partial charge in [0.15, 0.2) is 0 Å². The fourth-order valence-corrected chi connectivity index (χ4v) is 4.18. The Morgan fingerprint density at radius 2 is 1.72 bits per heavy atom. The number of aliphatic hydroxyl groups excluding tert-OH is 1. The van der Waals surface area contributed by atoms with Crippen molar-refractivity contribution >= 4 is 10.9 Å². The molecule has 0 spiro atoms. The number of fused-ring (bicyclic) bond motifs is 1. The molecule has 2 N–H and O–H groups in total. The number of H-pyrrole nitrogens is 1. The lowest BCUT2D eigenvalue weighted by Gasteiger charge is -2.34. The van der Waals surface area contributed by atoms with Crippen LogP contribution in [-0.4, -0.2) is 78.5 Å². The monoisotopic (exact) mass is 343 g/mol. The first-order chi connectivity index (χ1) is 12.3. The van der Waals surface area contributed by atoms with Crippen molar-refractivity contribution in [3.8, 4) is 0 Å². The van der Waals surface area contributed by atoms with Gasteiger partial charge in [0, 0.05) is 43.3 Å². The van der Waals surface area contributed by atoms with Gasteiger partial charge in [-0.15, -0.1) is 0 Å². The van der Waals surface area contributed by atoms with Gasteiger partial charge in [0.1, 0.15) is 0 Å². The molecule has 2 aliphatic rings. The lowest BCUT2D eigenvalue weighted by atomic mass is 9.93. The highest BCUT2D eigenvalue weighted by molar-refractivity contribution is 5.80. The van der Waals surface area contributed by atoms with Crippen LogP contribution in [0.3, 0.4) is 0 Å². The Kier molecular flexibility index (Phi) is 5.36. The van der Waals surface area contributed by atoms with E-state index in [0.717, 1.165) is 65.3 Å². The van der Waals surface area contributed by atoms with Crippen molar-refractivity contribution in [2.75, 3.05) is 52.5 Å². The minimum absolute atomic E-state index is 0.261. The van der Waals surface area contributed by atoms with Crippen LogP contribution in [0.15, 0.2) is 30.3 Å². The van der Waals surface area contributed by atoms with Crippen molar-refractivity contribution in [1.82, 2.24) is 14.8 Å². The van der Waals surface area contributed by atoms with Gasteiger partial charge in [-0.05, 0) is 43.5 Å². The Morgan fingerprint density at radius 3 is 2.44 bits per heavy atom. The molecule has 2 fully saturated rings. The predicted octanol–water partition coefficient (Wildman–Crippen LogP) is 2.04. The molecule has 0 amide bonds. The number of piperidine rings is 1. The van der Waals surface area contributed by atoms with Crippen LogP contribution in [0.2, 0.25) is 0 Å². The molecular formula is C20H29N3O2. The molecular weight excluding hydrogens is 314 g/mol. The van der Waals surface area contributed by atoms with Crippen LogP contribution < -0.4 is 0 Å². The van der Waals surface area contributed by atoms with E-state index in [-0.39, 0.29) is 6.10 Å². The fourth-order valence-electron chi connectivity index (χ4n) is 4.18. The number of hydrogen-bond acceptors (Lipinski definition) is 4. The van der Waals surface area contributed by atoms with E-state index in [2.05, 4.69) is 45.1 Å². The Bertz CT molecular complexity index is 639. The van der Waals surface area contributed by atoms with Crippen LogP contribution in [0.25, 0.3) is 10.9 Å². The maximum absolute atomic E-state index is 10.4. The summed E-state index contributed by atoms with van der Waals surface area (Å²) in [4.78, 5) is 8.32. The zero-order valence-corrected chi connectivity index (χ0v) is 14.9. The predicted molar refractivity (Wildman–Crippen MR) is 100.0 cm³/mol. The molecule has 2 aromatic rings. The van der Waals surface area contributed by atoms with E-state index in [1.165, 1.54) is 16.6 Å². The number of ether oxygens (including phenoxy) is 1. The average Bonchev–Trinajstić information content (AvgIpc) is 3.07. The second-order valence-corrected chi connectivity index (χ2v) is 7.45. The maximum atomic E-state index is 10.4. The number of hydrogen-bond donors (Lipinski definition) is 2. The number of para-hydroxylation sites is 1. The second kappa shape index (κ2) is 7.87. The summed E-state index contributed by atoms with van der Waals surface area (Å²) in [5.41, 5.74) is 2.61. The van der Waals surface area contributed by atoms with Crippen molar-refractivity contribution in [3.63, 3.8) is 0 Å². The summed E-state index contributed by atoms with van der Waals surface area (Å²) in [7, 11) is 0. The number of morpholine rings is 1. The smallest absolute Gasteiger partial charge is 0.0793 e. The Morgan fingerprint density at radius 1 is 1.04 bits per heavy atom. The molecule has 0 radical (unpaired) electrons. The van der Waals surface area contributed by atoms with Crippen LogP contribution in [0, 0.1) is 0 Å². The van der Waals surface area contributed by atoms with Gasteiger partial charge in [0.2, 0.25) is 0 Å². The molecule has 5 heteroatoms. The third-order valence-electron chi connectivity index (χ3n) is 5.62. The van der Waals surface area contributed by atoms with E-state index >= 15 is 0 Å². The van der Waals surface area contributed by atoms with Gasteiger partial charge in [0.25, 0.3) is 0 Å². The number of likely N-dealkylation sites (tertiary alicyclic amines) is 1. The van der Waals surface area contributed by atoms with E-state index < -0.39 is 0 Å². The molecule has 0 aliphatic carbocycles. The molecule has 4 rings (SSSR count). The maximum Gasteiger partial charge on any atom is 0.0793 e. The van der Waals surface area contributed by atoms with Gasteiger partial charge in [0.05, 0.1) is 19.3 Å². The molecule has 3 heterocycles. The van der Waals surface area contributed by atoms with Gasteiger partial charge in [-0.2, -0.15) is 0 Å². The lowest BCUT2D eigenvalue weighted by molar-refractivity contribution is 0.00507. The first-order valence-electron chi connectivity index (χ1n) is 9.56. The quantitative estimate of drug-likeness (QED) is 0.872. The summed E-state index contributed by atoms with van der Waals surface area (Å²) in [5, 5.41) is 11.7. The van der Waals surface area contributed by atoms with Crippen molar-refractivity contribution < 1.29 is 9.84 Å². The van der Waals surface area contributed by atoms with Crippen molar-refractivity contribution in [1.29, 1.82) is 0 Å². The molecule has 25 heavy (non-hydrogen) atoms. The highest BCUT2D eigenvalue weighted by Crippen LogP contribution is 2.29. The summed E-state index contributed by atoms with van der Waals surface area (Å²) in [6, 6.07) is 10.8. The largest absolute Gasteiger partial charge is 0.390 e. The fraction of sp³-hybridized carbons (Fsp3) is 0.600. The van der Waals surface area contributed by atoms with E-state index in [1.54, 1.807) is 0 Å². The van der Waals surface area contributed by atoms with E-state index in [9.17, 15) is 5.11 Å². The number of aromatic nitrogens is 1. The Balaban J connectivity index is 1.26. The highest BCUT2D eigenvalue weighted by Gasteiger charge is 2.24. The first-order valence-corrected chi connectivity index (χ1v) is 9.56. The minimum Gasteiger partial charge on any atom is -0.390 e. The Hall–Kier alpha value is -1.40. The average molecular weight is 343 g/mol. The minimum atomic E-state index is -0.261. The van der Waals surface area contributed by atoms with Crippen LogP contribution >= 0.6 is 0 Å². The summed E-state index contributed by atoms with van der Waals surface area (Å²) in [6.07, 6.45) is 2.07. The van der Waals surface area contributed by atoms with Gasteiger partial charge in [-0.1, -0.05) is 18.2 Å². The molecule has 2 saturated heterocycles. The summed E-state index contributed by atoms with van der Waals surface area (Å²) in [6.45, 7) is 7.17. The lowest BCUT2D eigenvalue weighted by Crippen LogP contribution is -2.46. The van der Waals surface area contributed by atoms with E-state index in [4.69, 9.17) is 4.74 Å². The third kappa shape index (κ3) is 4.23. The number of aromatic amines is 1. The molecule has 0 bridgehead atoms. The first kappa shape index (κ1) is 17.0. The number of β-amino-alcohol motifs (C(OH)–C–C–N with tert-alkyl or cyclic N) is 1. The van der Waals surface area contributed by atoms with Gasteiger partial charge in [-0.3, -0.25) is 4.90 Å². The number of nitrogens with zero attached hydrogens (tertiary/aromatic N) is 2. The molecule has 1 aromatic heterocycles. The SMILES string of the molecule is O[C@@H](CN1CCOCC1)CN1CCC(c2cc3ccccc3[nH]2)CC1. The van der Waals surface area contributed by atoms with E-state index in [1.807, 2.05) is 0 Å². The van der Waals surface area contributed by atoms with Crippen LogP contribution in [0.4, 0.5) is 0 Å². The molecule has 0 saturated carbocycles. The molecule has 1 aromatic carbocycles. The normalized spacial score (nSPS) is 22.4. The standard InChI is InChI=1S/C20H29N3O2/c24-18(15-23-9-11-25-12-10-23)14-22-7-5-16(6-8-22)20-13-17-3-1-2-4-19(17)21-20/h1-4,13,16,18,21,24H,5-12,14-15H2/t18-/m1/s1. The van der Waals surface area contributed by atoms with Crippen LogP contribution in [0.5, 0.6) is 0 Å². The van der Waals surface area contributed by atoms with Gasteiger partial charge in [-0.25, -0.2) is 0 Å². The molecule has 0 unspecified atom stereocenters. The van der Waals surface area contributed by atoms with Crippen molar-refractivity contribution in [2.24, 2.45) is 0 Å². The Labute approximate surface area is 149 Å². The second-order valence-electron chi connectivity index (χ2n) is 7.45. The number of rotatable bonds is 5. The van der Waals surface area contributed by atoms with Gasteiger partial charge < -0.3 is 19.7 Å². The zero-order valence-electron chi connectivity index (χ0n) is 14.9. The van der Waals surface area contributed by atoms with Gasteiger partial charge >= 0.3 is 0 Å². The molecule has 2 aliphatic heterocycles. The zero-order chi connectivity index (χ0) is 17.1. The highest BCUT2D eigenvalue weighted by atomic mass is 16.5. The van der Waals surface area contributed by atoms with Crippen LogP contribution in [0.1, 0.15) is 24.5 Å². The van der Waals surface area contributed by atoms with E-state index in [0.29, 0.717) is 5.92 Å². The summed E-state index contributed by atoms with van der Waals surface area (Å²) in [5.74, 6) is 0.611. The van der Waals surface area contributed by atoms with Crippen LogP contribution in [-0.2, 0) is 4.74 Å². The number of nitrogens with one attached hydrogen (secondary N) is 1. The van der Waals surface area contributed by atoms with Crippen molar-refractivity contribution in [3.05, 3.63) is 36.0 Å². The van der Waals surface area contributed by atoms with Crippen molar-refractivity contribution in [2.45, 2.75) is 24.9 Å².